The number of hydrogen-bond donors (Lipinski definition) is 3. The summed E-state index contributed by atoms with van der Waals surface area (Å²) in [5.74, 6) is 0.266. The highest BCUT2D eigenvalue weighted by molar-refractivity contribution is 5.82. The average Bonchev–Trinajstić information content (AvgIpc) is 2.72. The van der Waals surface area contributed by atoms with Crippen LogP contribution in [0.1, 0.15) is 58.4 Å². The van der Waals surface area contributed by atoms with Crippen molar-refractivity contribution < 1.29 is 19.8 Å². The van der Waals surface area contributed by atoms with Crippen molar-refractivity contribution >= 4 is 11.9 Å². The van der Waals surface area contributed by atoms with E-state index < -0.39 is 12.1 Å². The number of hydrogen-bond acceptors (Lipinski definition) is 5. The van der Waals surface area contributed by atoms with Crippen LogP contribution in [0.5, 0.6) is 0 Å². The van der Waals surface area contributed by atoms with Gasteiger partial charge in [0.1, 0.15) is 0 Å². The zero-order valence-corrected chi connectivity index (χ0v) is 20.4. The van der Waals surface area contributed by atoms with E-state index in [1.165, 1.54) is 25.7 Å². The van der Waals surface area contributed by atoms with Crippen LogP contribution in [0, 0.1) is 11.8 Å². The van der Waals surface area contributed by atoms with E-state index in [2.05, 4.69) is 10.2 Å². The second kappa shape index (κ2) is 11.4. The Bertz CT molecular complexity index is 779. The zero-order chi connectivity index (χ0) is 24.0. The summed E-state index contributed by atoms with van der Waals surface area (Å²) >= 11 is 0. The Hall–Kier alpha value is -1.96. The van der Waals surface area contributed by atoms with Gasteiger partial charge in [0, 0.05) is 31.7 Å². The van der Waals surface area contributed by atoms with Crippen molar-refractivity contribution in [2.45, 2.75) is 77.1 Å². The van der Waals surface area contributed by atoms with E-state index in [0.29, 0.717) is 24.9 Å². The van der Waals surface area contributed by atoms with Gasteiger partial charge in [0.15, 0.2) is 0 Å². The number of aliphatic carboxylic acids is 1. The second-order valence-electron chi connectivity index (χ2n) is 11.0. The molecule has 3 rings (SSSR count). The van der Waals surface area contributed by atoms with Crippen LogP contribution in [0.3, 0.4) is 0 Å². The fourth-order valence-electron chi connectivity index (χ4n) is 5.47. The molecule has 2 fully saturated rings. The van der Waals surface area contributed by atoms with Crippen molar-refractivity contribution in [1.29, 1.82) is 0 Å². The Labute approximate surface area is 198 Å². The van der Waals surface area contributed by atoms with Gasteiger partial charge in [0.2, 0.25) is 5.91 Å². The van der Waals surface area contributed by atoms with Gasteiger partial charge in [-0.25, -0.2) is 0 Å². The Morgan fingerprint density at radius 2 is 1.82 bits per heavy atom. The Morgan fingerprint density at radius 1 is 1.15 bits per heavy atom. The van der Waals surface area contributed by atoms with Gasteiger partial charge in [-0.05, 0) is 51.0 Å². The van der Waals surface area contributed by atoms with Gasteiger partial charge in [0.05, 0.1) is 18.7 Å². The molecule has 33 heavy (non-hydrogen) atoms. The molecule has 1 saturated heterocycles. The van der Waals surface area contributed by atoms with Crippen LogP contribution in [0.2, 0.25) is 0 Å². The second-order valence-corrected chi connectivity index (χ2v) is 11.0. The number of fused-ring (bicyclic) bond motifs is 1. The van der Waals surface area contributed by atoms with E-state index in [1.54, 1.807) is 4.90 Å². The molecular formula is C26H41N3O4. The molecule has 0 radical (unpaired) electrons. The third kappa shape index (κ3) is 8.09. The Morgan fingerprint density at radius 3 is 2.45 bits per heavy atom. The van der Waals surface area contributed by atoms with Crippen LogP contribution in [0.4, 0.5) is 0 Å². The number of aliphatic hydroxyl groups is 1. The van der Waals surface area contributed by atoms with E-state index in [-0.39, 0.29) is 30.6 Å². The van der Waals surface area contributed by atoms with Gasteiger partial charge in [-0.15, -0.1) is 0 Å². The minimum Gasteiger partial charge on any atom is -0.480 e. The molecule has 0 aromatic heterocycles. The van der Waals surface area contributed by atoms with Crippen LogP contribution in [-0.4, -0.2) is 75.8 Å². The molecule has 4 atom stereocenters. The number of β-amino-alcohol motifs (C(OH)–C–C–N with tert-alkyl or cyclic N) is 1. The molecule has 0 spiro atoms. The number of piperidine rings is 1. The standard InChI is InChI=1S/C26H41N3O4/c1-26(2,3)27-25(33)23-13-20-11-7-8-12-21(20)15-29(23)17-22(30)16-28(18-24(31)32)14-19-9-5-4-6-10-19/h4-6,9-10,20-23,30H,7-8,11-18H2,1-3H3,(H,27,33)(H,31,32). The normalized spacial score (nSPS) is 24.8. The summed E-state index contributed by atoms with van der Waals surface area (Å²) in [6.45, 7) is 7.74. The van der Waals surface area contributed by atoms with Crippen LogP contribution >= 0.6 is 0 Å². The zero-order valence-electron chi connectivity index (χ0n) is 20.4. The number of amides is 1. The van der Waals surface area contributed by atoms with Crippen LogP contribution in [0.25, 0.3) is 0 Å². The monoisotopic (exact) mass is 459 g/mol. The fourth-order valence-corrected chi connectivity index (χ4v) is 5.47. The number of carbonyl (C=O) groups excluding carboxylic acids is 1. The maximum absolute atomic E-state index is 13.2. The lowest BCUT2D eigenvalue weighted by atomic mass is 9.72. The lowest BCUT2D eigenvalue weighted by molar-refractivity contribution is -0.138. The van der Waals surface area contributed by atoms with E-state index in [4.69, 9.17) is 0 Å². The Kier molecular flexibility index (Phi) is 8.90. The first kappa shape index (κ1) is 25.7. The van der Waals surface area contributed by atoms with Crippen molar-refractivity contribution in [3.8, 4) is 0 Å². The minimum atomic E-state index is -0.913. The smallest absolute Gasteiger partial charge is 0.317 e. The fraction of sp³-hybridized carbons (Fsp3) is 0.692. The largest absolute Gasteiger partial charge is 0.480 e. The maximum Gasteiger partial charge on any atom is 0.317 e. The molecule has 2 aliphatic rings. The highest BCUT2D eigenvalue weighted by atomic mass is 16.4. The maximum atomic E-state index is 13.2. The number of nitrogens with zero attached hydrogens (tertiary/aromatic N) is 2. The molecule has 7 heteroatoms. The summed E-state index contributed by atoms with van der Waals surface area (Å²) in [4.78, 5) is 28.5. The first-order valence-electron chi connectivity index (χ1n) is 12.3. The molecule has 1 amide bonds. The van der Waals surface area contributed by atoms with Gasteiger partial charge in [-0.3, -0.25) is 19.4 Å². The molecule has 7 nitrogen and oxygen atoms in total. The van der Waals surface area contributed by atoms with Crippen LogP contribution in [-0.2, 0) is 16.1 Å². The van der Waals surface area contributed by atoms with Crippen LogP contribution in [0.15, 0.2) is 30.3 Å². The van der Waals surface area contributed by atoms with E-state index in [9.17, 15) is 19.8 Å². The Balaban J connectivity index is 1.68. The van der Waals surface area contributed by atoms with Crippen LogP contribution < -0.4 is 5.32 Å². The van der Waals surface area contributed by atoms with E-state index in [1.807, 2.05) is 51.1 Å². The minimum absolute atomic E-state index is 0.0328. The lowest BCUT2D eigenvalue weighted by Gasteiger charge is -2.46. The van der Waals surface area contributed by atoms with Crippen molar-refractivity contribution in [3.63, 3.8) is 0 Å². The predicted octanol–water partition coefficient (Wildman–Crippen LogP) is 2.73. The molecular weight excluding hydrogens is 418 g/mol. The number of carbonyl (C=O) groups is 2. The predicted molar refractivity (Wildman–Crippen MR) is 129 cm³/mol. The molecule has 1 aliphatic heterocycles. The number of carboxylic acid groups (broad SMARTS) is 1. The van der Waals surface area contributed by atoms with Gasteiger partial charge in [-0.1, -0.05) is 49.6 Å². The average molecular weight is 460 g/mol. The number of rotatable bonds is 9. The third-order valence-electron chi connectivity index (χ3n) is 6.83. The summed E-state index contributed by atoms with van der Waals surface area (Å²) in [6.07, 6.45) is 4.94. The van der Waals surface area contributed by atoms with Gasteiger partial charge >= 0.3 is 5.97 Å². The third-order valence-corrected chi connectivity index (χ3v) is 6.83. The number of benzene rings is 1. The summed E-state index contributed by atoms with van der Waals surface area (Å²) in [5, 5.41) is 23.5. The van der Waals surface area contributed by atoms with Crippen molar-refractivity contribution in [2.24, 2.45) is 11.8 Å². The SMILES string of the molecule is CC(C)(C)NC(=O)C1CC2CCCCC2CN1CC(O)CN(CC(=O)O)Cc1ccccc1. The number of likely N-dealkylation sites (tertiary alicyclic amines) is 1. The molecule has 1 saturated carbocycles. The molecule has 1 heterocycles. The summed E-state index contributed by atoms with van der Waals surface area (Å²) in [6, 6.07) is 9.45. The van der Waals surface area contributed by atoms with Crippen molar-refractivity contribution in [1.82, 2.24) is 15.1 Å². The highest BCUT2D eigenvalue weighted by Crippen LogP contribution is 2.38. The lowest BCUT2D eigenvalue weighted by Crippen LogP contribution is -2.59. The molecule has 1 aromatic rings. The van der Waals surface area contributed by atoms with E-state index in [0.717, 1.165) is 18.5 Å². The summed E-state index contributed by atoms with van der Waals surface area (Å²) < 4.78 is 0. The molecule has 1 aliphatic carbocycles. The topological polar surface area (TPSA) is 93.1 Å². The van der Waals surface area contributed by atoms with Gasteiger partial charge in [-0.2, -0.15) is 0 Å². The molecule has 0 bridgehead atoms. The highest BCUT2D eigenvalue weighted by Gasteiger charge is 2.41. The number of nitrogens with one attached hydrogen (secondary N) is 1. The van der Waals surface area contributed by atoms with Gasteiger partial charge < -0.3 is 15.5 Å². The van der Waals surface area contributed by atoms with E-state index >= 15 is 0 Å². The first-order chi connectivity index (χ1) is 15.6. The number of aliphatic hydroxyl groups excluding tert-OH is 1. The molecule has 3 N–H and O–H groups in total. The summed E-state index contributed by atoms with van der Waals surface area (Å²) in [7, 11) is 0. The quantitative estimate of drug-likeness (QED) is 0.526. The molecule has 184 valence electrons. The van der Waals surface area contributed by atoms with Crippen molar-refractivity contribution in [3.05, 3.63) is 35.9 Å². The van der Waals surface area contributed by atoms with Gasteiger partial charge in [0.25, 0.3) is 0 Å². The summed E-state index contributed by atoms with van der Waals surface area (Å²) in [5.41, 5.74) is 0.704. The molecule has 1 aromatic carbocycles. The van der Waals surface area contributed by atoms with Crippen molar-refractivity contribution in [2.75, 3.05) is 26.2 Å². The molecule has 4 unspecified atom stereocenters. The first-order valence-corrected chi connectivity index (χ1v) is 12.3. The number of carboxylic acids is 1.